The van der Waals surface area contributed by atoms with Gasteiger partial charge < -0.3 is 14.6 Å². The van der Waals surface area contributed by atoms with E-state index in [4.69, 9.17) is 14.6 Å². The van der Waals surface area contributed by atoms with Gasteiger partial charge >= 0.3 is 5.97 Å². The Labute approximate surface area is 145 Å². The lowest BCUT2D eigenvalue weighted by Gasteiger charge is -2.16. The zero-order valence-electron chi connectivity index (χ0n) is 14.4. The van der Waals surface area contributed by atoms with Gasteiger partial charge in [0, 0.05) is 29.9 Å². The molecule has 0 aliphatic rings. The molecule has 0 aliphatic heterocycles. The van der Waals surface area contributed by atoms with E-state index in [1.54, 1.807) is 19.2 Å². The smallest absolute Gasteiger partial charge is 0.306 e. The Morgan fingerprint density at radius 3 is 2.84 bits per heavy atom. The summed E-state index contributed by atoms with van der Waals surface area (Å²) in [5, 5.41) is 11.9. The molecule has 0 amide bonds. The molecule has 2 rings (SSSR count). The van der Waals surface area contributed by atoms with Crippen molar-refractivity contribution in [1.29, 1.82) is 0 Å². The van der Waals surface area contributed by atoms with E-state index in [2.05, 4.69) is 10.1 Å². The summed E-state index contributed by atoms with van der Waals surface area (Å²) in [4.78, 5) is 28.0. The van der Waals surface area contributed by atoms with Crippen LogP contribution >= 0.6 is 0 Å². The summed E-state index contributed by atoms with van der Waals surface area (Å²) >= 11 is 0. The lowest BCUT2D eigenvalue weighted by atomic mass is 9.92. The summed E-state index contributed by atoms with van der Waals surface area (Å²) in [7, 11) is 1.53. The van der Waals surface area contributed by atoms with E-state index in [-0.39, 0.29) is 37.0 Å². The third-order valence-electron chi connectivity index (χ3n) is 3.79. The number of hydrogen-bond donors (Lipinski definition) is 2. The number of H-pyrrole nitrogens is 1. The summed E-state index contributed by atoms with van der Waals surface area (Å²) in [5.41, 5.74) is 1.32. The molecule has 0 saturated heterocycles. The maximum Gasteiger partial charge on any atom is 0.306 e. The van der Waals surface area contributed by atoms with Gasteiger partial charge in [-0.2, -0.15) is 0 Å². The Kier molecular flexibility index (Phi) is 6.76. The molecule has 0 radical (unpaired) electrons. The number of nitrogens with zero attached hydrogens (tertiary/aromatic N) is 2. The summed E-state index contributed by atoms with van der Waals surface area (Å²) in [5.74, 6) is -0.0142. The van der Waals surface area contributed by atoms with E-state index in [0.717, 1.165) is 5.56 Å². The van der Waals surface area contributed by atoms with Crippen LogP contribution in [0.15, 0.2) is 29.2 Å². The first kappa shape index (κ1) is 18.7. The number of methoxy groups -OCH3 is 1. The molecule has 1 atom stereocenters. The van der Waals surface area contributed by atoms with E-state index in [1.807, 2.05) is 6.07 Å². The molecule has 8 heteroatoms. The standard InChI is InChI=1S/C17H23N3O5/c1-3-25-17(23)9-13(12-4-5-15(24-2)18-11-12)8-14-10-16(22)20(19-14)6-7-21/h4-5,10-11,13,19,21H,3,6-9H2,1-2H3. The molecule has 2 aromatic heterocycles. The fourth-order valence-corrected chi connectivity index (χ4v) is 2.61. The number of aromatic amines is 1. The van der Waals surface area contributed by atoms with Crippen molar-refractivity contribution in [2.24, 2.45) is 0 Å². The van der Waals surface area contributed by atoms with Crippen LogP contribution in [-0.4, -0.2) is 46.2 Å². The van der Waals surface area contributed by atoms with Gasteiger partial charge in [0.2, 0.25) is 5.88 Å². The molecule has 0 aromatic carbocycles. The number of aromatic nitrogens is 3. The van der Waals surface area contributed by atoms with Crippen molar-refractivity contribution in [1.82, 2.24) is 14.8 Å². The number of nitrogens with one attached hydrogen (secondary N) is 1. The number of hydrogen-bond acceptors (Lipinski definition) is 6. The molecular formula is C17H23N3O5. The molecule has 1 unspecified atom stereocenters. The summed E-state index contributed by atoms with van der Waals surface area (Å²) in [6.07, 6.45) is 2.28. The molecular weight excluding hydrogens is 326 g/mol. The quantitative estimate of drug-likeness (QED) is 0.650. The minimum Gasteiger partial charge on any atom is -0.481 e. The highest BCUT2D eigenvalue weighted by atomic mass is 16.5. The van der Waals surface area contributed by atoms with Crippen LogP contribution in [0.5, 0.6) is 5.88 Å². The van der Waals surface area contributed by atoms with E-state index in [1.165, 1.54) is 17.9 Å². The molecule has 8 nitrogen and oxygen atoms in total. The third kappa shape index (κ3) is 5.18. The van der Waals surface area contributed by atoms with Gasteiger partial charge in [-0.1, -0.05) is 6.07 Å². The Bertz CT molecular complexity index is 735. The van der Waals surface area contributed by atoms with Crippen molar-refractivity contribution in [3.8, 4) is 5.88 Å². The van der Waals surface area contributed by atoms with Gasteiger partial charge in [-0.05, 0) is 18.9 Å². The minimum absolute atomic E-state index is 0.130. The number of carbonyl (C=O) groups excluding carboxylic acids is 1. The first-order chi connectivity index (χ1) is 12.1. The normalized spacial score (nSPS) is 12.0. The van der Waals surface area contributed by atoms with Gasteiger partial charge in [-0.3, -0.25) is 19.4 Å². The maximum atomic E-state index is 11.9. The van der Waals surface area contributed by atoms with Crippen LogP contribution in [-0.2, 0) is 22.5 Å². The van der Waals surface area contributed by atoms with Crippen LogP contribution in [0.4, 0.5) is 0 Å². The van der Waals surface area contributed by atoms with Crippen LogP contribution in [0.1, 0.15) is 30.5 Å². The molecule has 136 valence electrons. The van der Waals surface area contributed by atoms with Crippen LogP contribution in [0.3, 0.4) is 0 Å². The number of ether oxygens (including phenoxy) is 2. The van der Waals surface area contributed by atoms with Crippen molar-refractivity contribution in [2.45, 2.75) is 32.2 Å². The second kappa shape index (κ2) is 9.03. The fourth-order valence-electron chi connectivity index (χ4n) is 2.61. The SMILES string of the molecule is CCOC(=O)CC(Cc1cc(=O)n(CCO)[nH]1)c1ccc(OC)nc1. The largest absolute Gasteiger partial charge is 0.481 e. The molecule has 2 N–H and O–H groups in total. The van der Waals surface area contributed by atoms with E-state index >= 15 is 0 Å². The van der Waals surface area contributed by atoms with E-state index in [0.29, 0.717) is 24.6 Å². The fraction of sp³-hybridized carbons (Fsp3) is 0.471. The van der Waals surface area contributed by atoms with E-state index < -0.39 is 0 Å². The second-order valence-corrected chi connectivity index (χ2v) is 5.54. The Balaban J connectivity index is 2.22. The van der Waals surface area contributed by atoms with Gasteiger partial charge in [0.25, 0.3) is 5.56 Å². The second-order valence-electron chi connectivity index (χ2n) is 5.54. The molecule has 25 heavy (non-hydrogen) atoms. The van der Waals surface area contributed by atoms with E-state index in [9.17, 15) is 9.59 Å². The maximum absolute atomic E-state index is 11.9. The van der Waals surface area contributed by atoms with Crippen LogP contribution < -0.4 is 10.3 Å². The lowest BCUT2D eigenvalue weighted by Crippen LogP contribution is -2.17. The summed E-state index contributed by atoms with van der Waals surface area (Å²) < 4.78 is 11.4. The van der Waals surface area contributed by atoms with Crippen molar-refractivity contribution < 1.29 is 19.4 Å². The first-order valence-corrected chi connectivity index (χ1v) is 8.12. The molecule has 2 heterocycles. The first-order valence-electron chi connectivity index (χ1n) is 8.12. The molecule has 0 saturated carbocycles. The Morgan fingerprint density at radius 1 is 1.44 bits per heavy atom. The van der Waals surface area contributed by atoms with Crippen molar-refractivity contribution in [3.05, 3.63) is 46.0 Å². The lowest BCUT2D eigenvalue weighted by molar-refractivity contribution is -0.143. The van der Waals surface area contributed by atoms with Crippen molar-refractivity contribution in [3.63, 3.8) is 0 Å². The average Bonchev–Trinajstić information content (AvgIpc) is 2.94. The zero-order chi connectivity index (χ0) is 18.2. The molecule has 0 aliphatic carbocycles. The van der Waals surface area contributed by atoms with Gasteiger partial charge in [0.1, 0.15) is 0 Å². The van der Waals surface area contributed by atoms with Crippen molar-refractivity contribution >= 4 is 5.97 Å². The number of rotatable bonds is 9. The summed E-state index contributed by atoms with van der Waals surface area (Å²) in [6.45, 7) is 2.14. The van der Waals surface area contributed by atoms with Crippen LogP contribution in [0, 0.1) is 0 Å². The highest BCUT2D eigenvalue weighted by Crippen LogP contribution is 2.25. The Morgan fingerprint density at radius 2 is 2.24 bits per heavy atom. The third-order valence-corrected chi connectivity index (χ3v) is 3.79. The van der Waals surface area contributed by atoms with Gasteiger partial charge in [0.05, 0.1) is 33.3 Å². The number of pyridine rings is 1. The highest BCUT2D eigenvalue weighted by molar-refractivity contribution is 5.70. The minimum atomic E-state index is -0.305. The van der Waals surface area contributed by atoms with Gasteiger partial charge in [0.15, 0.2) is 0 Å². The monoisotopic (exact) mass is 349 g/mol. The molecule has 0 fully saturated rings. The predicted molar refractivity (Wildman–Crippen MR) is 90.6 cm³/mol. The number of carbonyl (C=O) groups is 1. The topological polar surface area (TPSA) is 106 Å². The van der Waals surface area contributed by atoms with Crippen LogP contribution in [0.25, 0.3) is 0 Å². The summed E-state index contributed by atoms with van der Waals surface area (Å²) in [6, 6.07) is 5.05. The Hall–Kier alpha value is -2.61. The van der Waals surface area contributed by atoms with Crippen LogP contribution in [0.2, 0.25) is 0 Å². The number of aliphatic hydroxyl groups excluding tert-OH is 1. The number of aliphatic hydroxyl groups is 1. The predicted octanol–water partition coefficient (Wildman–Crippen LogP) is 0.852. The van der Waals surface area contributed by atoms with Crippen molar-refractivity contribution in [2.75, 3.05) is 20.3 Å². The van der Waals surface area contributed by atoms with Gasteiger partial charge in [-0.15, -0.1) is 0 Å². The highest BCUT2D eigenvalue weighted by Gasteiger charge is 2.20. The average molecular weight is 349 g/mol. The zero-order valence-corrected chi connectivity index (χ0v) is 14.4. The molecule has 0 spiro atoms. The van der Waals surface area contributed by atoms with Gasteiger partial charge in [-0.25, -0.2) is 4.98 Å². The number of esters is 1. The molecule has 0 bridgehead atoms. The molecule has 2 aromatic rings.